The van der Waals surface area contributed by atoms with E-state index in [4.69, 9.17) is 11.5 Å². The quantitative estimate of drug-likeness (QED) is 0.221. The van der Waals surface area contributed by atoms with Crippen molar-refractivity contribution in [1.29, 1.82) is 0 Å². The molecule has 0 aliphatic carbocycles. The van der Waals surface area contributed by atoms with Crippen molar-refractivity contribution in [2.24, 2.45) is 11.5 Å². The van der Waals surface area contributed by atoms with Crippen LogP contribution in [0.1, 0.15) is 11.1 Å². The Hall–Kier alpha value is -1.65. The lowest BCUT2D eigenvalue weighted by atomic mass is 10.1. The highest BCUT2D eigenvalue weighted by atomic mass is 32.1. The molecular weight excluding hydrogens is 496 g/mol. The number of thiophene rings is 5. The molecule has 0 saturated heterocycles. The van der Waals surface area contributed by atoms with Crippen molar-refractivity contribution in [3.05, 3.63) is 70.2 Å². The summed E-state index contributed by atoms with van der Waals surface area (Å²) in [6.07, 6.45) is 1.68. The fourth-order valence-corrected chi connectivity index (χ4v) is 9.00. The molecule has 0 aliphatic rings. The highest BCUT2D eigenvalue weighted by molar-refractivity contribution is 7.29. The summed E-state index contributed by atoms with van der Waals surface area (Å²) < 4.78 is 13.6. The summed E-state index contributed by atoms with van der Waals surface area (Å²) in [5.74, 6) is 0. The lowest BCUT2D eigenvalue weighted by molar-refractivity contribution is 0.657. The Labute approximate surface area is 206 Å². The number of hydrogen-bond acceptors (Lipinski definition) is 7. The summed E-state index contributed by atoms with van der Waals surface area (Å²) in [5.41, 5.74) is 14.4. The van der Waals surface area contributed by atoms with E-state index in [1.807, 2.05) is 28.7 Å². The Kier molecular flexibility index (Phi) is 6.71. The maximum atomic E-state index is 13.6. The topological polar surface area (TPSA) is 52.0 Å². The number of rotatable bonds is 8. The van der Waals surface area contributed by atoms with Gasteiger partial charge >= 0.3 is 0 Å². The predicted octanol–water partition coefficient (Wildman–Crippen LogP) is 7.80. The predicted molar refractivity (Wildman–Crippen MR) is 143 cm³/mol. The zero-order valence-corrected chi connectivity index (χ0v) is 21.2. The van der Waals surface area contributed by atoms with Gasteiger partial charge in [-0.1, -0.05) is 6.07 Å². The van der Waals surface area contributed by atoms with Crippen LogP contribution in [0.5, 0.6) is 0 Å². The average Bonchev–Trinajstić information content (AvgIpc) is 3.57. The molecule has 0 unspecified atom stereocenters. The van der Waals surface area contributed by atoms with Crippen molar-refractivity contribution in [3.8, 4) is 39.0 Å². The highest BCUT2D eigenvalue weighted by Gasteiger charge is 2.18. The summed E-state index contributed by atoms with van der Waals surface area (Å²) >= 11 is 8.35. The van der Waals surface area contributed by atoms with E-state index >= 15 is 0 Å². The van der Waals surface area contributed by atoms with Gasteiger partial charge in [-0.3, -0.25) is 0 Å². The van der Waals surface area contributed by atoms with Gasteiger partial charge in [0.05, 0.1) is 0 Å². The van der Waals surface area contributed by atoms with Gasteiger partial charge in [0, 0.05) is 39.0 Å². The second-order valence-electron chi connectivity index (χ2n) is 7.25. The minimum absolute atomic E-state index is 0.152. The van der Waals surface area contributed by atoms with E-state index in [0.29, 0.717) is 13.1 Å². The molecule has 32 heavy (non-hydrogen) atoms. The van der Waals surface area contributed by atoms with Gasteiger partial charge < -0.3 is 11.5 Å². The molecule has 5 rings (SSSR count). The van der Waals surface area contributed by atoms with Crippen LogP contribution in [0.3, 0.4) is 0 Å². The van der Waals surface area contributed by atoms with Crippen LogP contribution in [0.15, 0.2) is 53.9 Å². The van der Waals surface area contributed by atoms with Crippen LogP contribution >= 0.6 is 56.7 Å². The van der Waals surface area contributed by atoms with Crippen LogP contribution < -0.4 is 11.5 Å². The largest absolute Gasteiger partial charge is 0.330 e. The Morgan fingerprint density at radius 2 is 1.22 bits per heavy atom. The Balaban J connectivity index is 1.53. The number of halogens is 1. The molecule has 5 aromatic rings. The van der Waals surface area contributed by atoms with Crippen molar-refractivity contribution in [1.82, 2.24) is 0 Å². The Morgan fingerprint density at radius 3 is 1.72 bits per heavy atom. The zero-order valence-electron chi connectivity index (χ0n) is 17.1. The van der Waals surface area contributed by atoms with Crippen molar-refractivity contribution < 1.29 is 4.39 Å². The van der Waals surface area contributed by atoms with Crippen molar-refractivity contribution in [2.45, 2.75) is 12.8 Å². The van der Waals surface area contributed by atoms with E-state index in [2.05, 4.69) is 41.8 Å². The maximum absolute atomic E-state index is 13.6. The molecule has 2 nitrogen and oxygen atoms in total. The molecule has 0 atom stereocenters. The van der Waals surface area contributed by atoms with Gasteiger partial charge in [0.1, 0.15) is 0 Å². The van der Waals surface area contributed by atoms with E-state index in [1.165, 1.54) is 57.8 Å². The van der Waals surface area contributed by atoms with Gasteiger partial charge in [0.25, 0.3) is 0 Å². The summed E-state index contributed by atoms with van der Waals surface area (Å²) in [6.45, 7) is 1.23. The molecule has 0 saturated carbocycles. The summed E-state index contributed by atoms with van der Waals surface area (Å²) in [4.78, 5) is 9.74. The molecule has 4 N–H and O–H groups in total. The molecule has 0 spiro atoms. The zero-order chi connectivity index (χ0) is 22.1. The van der Waals surface area contributed by atoms with Gasteiger partial charge in [-0.15, -0.1) is 56.7 Å². The van der Waals surface area contributed by atoms with E-state index in [0.717, 1.165) is 22.6 Å². The molecule has 0 bridgehead atoms. The van der Waals surface area contributed by atoms with E-state index in [1.54, 1.807) is 22.7 Å². The van der Waals surface area contributed by atoms with Crippen LogP contribution in [0.25, 0.3) is 39.0 Å². The molecule has 5 heterocycles. The van der Waals surface area contributed by atoms with Gasteiger partial charge in [-0.2, -0.15) is 4.39 Å². The van der Waals surface area contributed by atoms with Gasteiger partial charge in [-0.25, -0.2) is 0 Å². The second kappa shape index (κ2) is 9.69. The first kappa shape index (κ1) is 22.2. The summed E-state index contributed by atoms with van der Waals surface area (Å²) in [6, 6.07) is 16.6. The molecule has 0 radical (unpaired) electrons. The third kappa shape index (κ3) is 4.41. The normalized spacial score (nSPS) is 11.5. The maximum Gasteiger partial charge on any atom is 0.177 e. The second-order valence-corrected chi connectivity index (χ2v) is 12.4. The van der Waals surface area contributed by atoms with E-state index in [9.17, 15) is 4.39 Å². The van der Waals surface area contributed by atoms with Gasteiger partial charge in [0.15, 0.2) is 5.13 Å². The van der Waals surface area contributed by atoms with Crippen molar-refractivity contribution >= 4 is 56.7 Å². The SMILES string of the molecule is NCCc1cc(-c2cccs2)sc1-c1ccc(-c2sc(-c3ccc(F)s3)cc2CCN)s1. The molecule has 164 valence electrons. The molecule has 0 aromatic carbocycles. The van der Waals surface area contributed by atoms with Crippen LogP contribution in [0.4, 0.5) is 4.39 Å². The van der Waals surface area contributed by atoms with Crippen molar-refractivity contribution in [3.63, 3.8) is 0 Å². The smallest absolute Gasteiger partial charge is 0.177 e. The first-order valence-electron chi connectivity index (χ1n) is 10.2. The monoisotopic (exact) mass is 516 g/mol. The Bertz CT molecular complexity index is 1320. The third-order valence-electron chi connectivity index (χ3n) is 5.08. The van der Waals surface area contributed by atoms with Crippen LogP contribution in [0, 0.1) is 5.13 Å². The van der Waals surface area contributed by atoms with Crippen LogP contribution in [0.2, 0.25) is 0 Å². The average molecular weight is 517 g/mol. The lowest BCUT2D eigenvalue weighted by Crippen LogP contribution is -2.02. The first-order valence-corrected chi connectivity index (χ1v) is 14.4. The standard InChI is InChI=1S/C24H21FN2S5/c25-22-6-5-17(30-22)21-13-15(8-10-27)24(32-21)19-4-3-18(29-19)23-14(7-9-26)12-20(31-23)16-2-1-11-28-16/h1-6,11-13H,7-10,26-27H2. The molecule has 8 heteroatoms. The minimum Gasteiger partial charge on any atom is -0.330 e. The molecule has 0 aliphatic heterocycles. The molecular formula is C24H21FN2S5. The molecule has 5 aromatic heterocycles. The number of nitrogens with two attached hydrogens (primary N) is 2. The molecule has 0 fully saturated rings. The number of hydrogen-bond donors (Lipinski definition) is 2. The van der Waals surface area contributed by atoms with E-state index < -0.39 is 0 Å². The minimum atomic E-state index is -0.152. The molecule has 0 amide bonds. The van der Waals surface area contributed by atoms with Crippen LogP contribution in [-0.4, -0.2) is 13.1 Å². The van der Waals surface area contributed by atoms with Gasteiger partial charge in [0.2, 0.25) is 0 Å². The highest BCUT2D eigenvalue weighted by Crippen LogP contribution is 2.47. The Morgan fingerprint density at radius 1 is 0.625 bits per heavy atom. The lowest BCUT2D eigenvalue weighted by Gasteiger charge is -2.00. The third-order valence-corrected chi connectivity index (χ3v) is 11.0. The fraction of sp³-hybridized carbons (Fsp3) is 0.167. The first-order chi connectivity index (χ1) is 15.7. The van der Waals surface area contributed by atoms with Gasteiger partial charge in [-0.05, 0) is 84.9 Å². The fourth-order valence-electron chi connectivity index (χ4n) is 3.65. The van der Waals surface area contributed by atoms with E-state index in [-0.39, 0.29) is 5.13 Å². The van der Waals surface area contributed by atoms with Crippen molar-refractivity contribution in [2.75, 3.05) is 13.1 Å². The van der Waals surface area contributed by atoms with Crippen LogP contribution in [-0.2, 0) is 12.8 Å². The summed E-state index contributed by atoms with van der Waals surface area (Å²) in [5, 5.41) is 1.97. The summed E-state index contributed by atoms with van der Waals surface area (Å²) in [7, 11) is 0.